The minimum absolute atomic E-state index is 0.371. The first-order chi connectivity index (χ1) is 8.61. The molecule has 0 bridgehead atoms. The summed E-state index contributed by atoms with van der Waals surface area (Å²) in [4.78, 5) is 7.77. The van der Waals surface area contributed by atoms with Gasteiger partial charge in [-0.25, -0.2) is 4.98 Å². The van der Waals surface area contributed by atoms with Gasteiger partial charge in [0.15, 0.2) is 0 Å². The molecule has 1 aromatic carbocycles. The van der Waals surface area contributed by atoms with E-state index in [9.17, 15) is 0 Å². The average molecular weight is 263 g/mol. The number of nitrogens with one attached hydrogen (secondary N) is 2. The van der Waals surface area contributed by atoms with E-state index in [-0.39, 0.29) is 0 Å². The van der Waals surface area contributed by atoms with Gasteiger partial charge in [-0.05, 0) is 18.6 Å². The lowest BCUT2D eigenvalue weighted by Crippen LogP contribution is -2.16. The first-order valence-corrected chi connectivity index (χ1v) is 7.42. The van der Waals surface area contributed by atoms with Crippen molar-refractivity contribution < 1.29 is 0 Å². The zero-order chi connectivity index (χ0) is 13.0. The monoisotopic (exact) mass is 263 g/mol. The van der Waals surface area contributed by atoms with E-state index in [1.165, 1.54) is 6.42 Å². The van der Waals surface area contributed by atoms with Gasteiger partial charge in [-0.3, -0.25) is 0 Å². The van der Waals surface area contributed by atoms with Crippen LogP contribution in [0.4, 0.5) is 5.95 Å². The van der Waals surface area contributed by atoms with E-state index in [0.29, 0.717) is 4.75 Å². The van der Waals surface area contributed by atoms with E-state index < -0.39 is 0 Å². The van der Waals surface area contributed by atoms with Crippen molar-refractivity contribution in [3.8, 4) is 0 Å². The lowest BCUT2D eigenvalue weighted by atomic mass is 10.1. The maximum Gasteiger partial charge on any atom is 0.201 e. The summed E-state index contributed by atoms with van der Waals surface area (Å²) in [5.74, 6) is 1.96. The van der Waals surface area contributed by atoms with Gasteiger partial charge in [-0.1, -0.05) is 32.9 Å². The van der Waals surface area contributed by atoms with Gasteiger partial charge in [0.2, 0.25) is 5.95 Å². The summed E-state index contributed by atoms with van der Waals surface area (Å²) in [5.41, 5.74) is 2.10. The Morgan fingerprint density at radius 2 is 2.11 bits per heavy atom. The Labute approximate surface area is 113 Å². The molecule has 2 N–H and O–H groups in total. The van der Waals surface area contributed by atoms with Gasteiger partial charge < -0.3 is 10.3 Å². The fourth-order valence-corrected chi connectivity index (χ4v) is 2.60. The molecule has 0 saturated carbocycles. The molecule has 0 saturated heterocycles. The third kappa shape index (κ3) is 3.42. The van der Waals surface area contributed by atoms with E-state index in [1.54, 1.807) is 0 Å². The zero-order valence-corrected chi connectivity index (χ0v) is 12.1. The Balaban J connectivity index is 1.83. The Morgan fingerprint density at radius 1 is 1.33 bits per heavy atom. The average Bonchev–Trinajstić information content (AvgIpc) is 2.77. The molecule has 0 aliphatic heterocycles. The number of rotatable bonds is 6. The van der Waals surface area contributed by atoms with Crippen LogP contribution in [0.3, 0.4) is 0 Å². The number of nitrogens with zero attached hydrogens (tertiary/aromatic N) is 1. The molecule has 0 fully saturated rings. The molecule has 0 amide bonds. The molecule has 0 atom stereocenters. The Bertz CT molecular complexity index is 471. The van der Waals surface area contributed by atoms with Crippen LogP contribution in [0.15, 0.2) is 24.3 Å². The van der Waals surface area contributed by atoms with Crippen LogP contribution in [-0.2, 0) is 0 Å². The summed E-state index contributed by atoms with van der Waals surface area (Å²) in [5, 5.41) is 3.34. The van der Waals surface area contributed by atoms with Crippen molar-refractivity contribution in [3.05, 3.63) is 24.3 Å². The van der Waals surface area contributed by atoms with Crippen molar-refractivity contribution >= 4 is 28.7 Å². The lowest BCUT2D eigenvalue weighted by molar-refractivity contribution is 0.684. The molecule has 0 spiro atoms. The number of thioether (sulfide) groups is 1. The smallest absolute Gasteiger partial charge is 0.201 e. The molecule has 18 heavy (non-hydrogen) atoms. The van der Waals surface area contributed by atoms with Crippen molar-refractivity contribution in [1.82, 2.24) is 9.97 Å². The predicted octanol–water partition coefficient (Wildman–Crippen LogP) is 3.90. The van der Waals surface area contributed by atoms with E-state index in [0.717, 1.165) is 29.3 Å². The van der Waals surface area contributed by atoms with Crippen LogP contribution in [0.1, 0.15) is 27.2 Å². The van der Waals surface area contributed by atoms with Crippen LogP contribution in [0.2, 0.25) is 0 Å². The molecule has 0 unspecified atom stereocenters. The highest BCUT2D eigenvalue weighted by Crippen LogP contribution is 2.27. The van der Waals surface area contributed by atoms with E-state index >= 15 is 0 Å². The Hall–Kier alpha value is -1.16. The highest BCUT2D eigenvalue weighted by atomic mass is 32.2. The number of aromatic nitrogens is 2. The summed E-state index contributed by atoms with van der Waals surface area (Å²) in [6, 6.07) is 8.09. The first kappa shape index (κ1) is 13.3. The zero-order valence-electron chi connectivity index (χ0n) is 11.3. The number of fused-ring (bicyclic) bond motifs is 1. The number of H-pyrrole nitrogens is 1. The topological polar surface area (TPSA) is 40.7 Å². The first-order valence-electron chi connectivity index (χ1n) is 6.43. The highest BCUT2D eigenvalue weighted by Gasteiger charge is 2.14. The van der Waals surface area contributed by atoms with E-state index in [4.69, 9.17) is 0 Å². The number of aromatic amines is 1. The molecule has 0 aliphatic carbocycles. The molecule has 1 aromatic heterocycles. The number of imidazole rings is 1. The number of benzene rings is 1. The maximum atomic E-state index is 4.49. The number of hydrogen-bond donors (Lipinski definition) is 2. The summed E-state index contributed by atoms with van der Waals surface area (Å²) < 4.78 is 0.371. The second kappa shape index (κ2) is 5.65. The molecule has 4 heteroatoms. The van der Waals surface area contributed by atoms with Gasteiger partial charge in [-0.2, -0.15) is 11.8 Å². The number of hydrogen-bond acceptors (Lipinski definition) is 3. The minimum Gasteiger partial charge on any atom is -0.355 e. The SMILES string of the molecule is CCC(C)(C)SCCNc1nc2ccccc2[nH]1. The van der Waals surface area contributed by atoms with Crippen molar-refractivity contribution in [2.75, 3.05) is 17.6 Å². The molecular weight excluding hydrogens is 242 g/mol. The van der Waals surface area contributed by atoms with Gasteiger partial charge in [0.05, 0.1) is 11.0 Å². The summed E-state index contributed by atoms with van der Waals surface area (Å²) in [7, 11) is 0. The molecule has 98 valence electrons. The maximum absolute atomic E-state index is 4.49. The summed E-state index contributed by atoms with van der Waals surface area (Å²) >= 11 is 2.00. The minimum atomic E-state index is 0.371. The third-order valence-electron chi connectivity index (χ3n) is 3.13. The highest BCUT2D eigenvalue weighted by molar-refractivity contribution is 8.00. The summed E-state index contributed by atoms with van der Waals surface area (Å²) in [6.45, 7) is 7.76. The molecule has 2 rings (SSSR count). The van der Waals surface area contributed by atoms with Crippen LogP contribution in [0.5, 0.6) is 0 Å². The van der Waals surface area contributed by atoms with Gasteiger partial charge in [0.25, 0.3) is 0 Å². The van der Waals surface area contributed by atoms with E-state index in [1.807, 2.05) is 36.0 Å². The third-order valence-corrected chi connectivity index (χ3v) is 4.61. The summed E-state index contributed by atoms with van der Waals surface area (Å²) in [6.07, 6.45) is 1.20. The van der Waals surface area contributed by atoms with Crippen molar-refractivity contribution in [2.24, 2.45) is 0 Å². The van der Waals surface area contributed by atoms with Crippen molar-refractivity contribution in [3.63, 3.8) is 0 Å². The quantitative estimate of drug-likeness (QED) is 0.777. The van der Waals surface area contributed by atoms with Crippen LogP contribution in [-0.4, -0.2) is 27.0 Å². The van der Waals surface area contributed by atoms with Gasteiger partial charge in [-0.15, -0.1) is 0 Å². The predicted molar refractivity (Wildman–Crippen MR) is 81.4 cm³/mol. The molecule has 3 nitrogen and oxygen atoms in total. The lowest BCUT2D eigenvalue weighted by Gasteiger charge is -2.21. The van der Waals surface area contributed by atoms with Crippen LogP contribution in [0.25, 0.3) is 11.0 Å². The largest absolute Gasteiger partial charge is 0.355 e. The number of anilines is 1. The van der Waals surface area contributed by atoms with Gasteiger partial charge >= 0.3 is 0 Å². The van der Waals surface area contributed by atoms with Crippen molar-refractivity contribution in [2.45, 2.75) is 31.9 Å². The molecule has 0 aliphatic rings. The second-order valence-corrected chi connectivity index (χ2v) is 6.79. The number of para-hydroxylation sites is 2. The Morgan fingerprint density at radius 3 is 2.83 bits per heavy atom. The Kier molecular flexibility index (Phi) is 4.17. The van der Waals surface area contributed by atoms with Gasteiger partial charge in [0, 0.05) is 17.0 Å². The van der Waals surface area contributed by atoms with Gasteiger partial charge in [0.1, 0.15) is 0 Å². The molecule has 0 radical (unpaired) electrons. The molecular formula is C14H21N3S. The van der Waals surface area contributed by atoms with Crippen LogP contribution >= 0.6 is 11.8 Å². The van der Waals surface area contributed by atoms with Crippen molar-refractivity contribution in [1.29, 1.82) is 0 Å². The van der Waals surface area contributed by atoms with Crippen LogP contribution < -0.4 is 5.32 Å². The standard InChI is InChI=1S/C14H21N3S/c1-4-14(2,3)18-10-9-15-13-16-11-7-5-6-8-12(11)17-13/h5-8H,4,9-10H2,1-3H3,(H2,15,16,17). The normalized spacial score (nSPS) is 11.9. The molecule has 2 aromatic rings. The second-order valence-electron chi connectivity index (χ2n) is 4.99. The fraction of sp³-hybridized carbons (Fsp3) is 0.500. The van der Waals surface area contributed by atoms with E-state index in [2.05, 4.69) is 36.1 Å². The molecule has 1 heterocycles. The van der Waals surface area contributed by atoms with Crippen LogP contribution in [0, 0.1) is 0 Å². The fourth-order valence-electron chi connectivity index (χ4n) is 1.64.